The molecule has 2 nitrogen and oxygen atoms in total. The molecule has 0 aliphatic carbocycles. The Labute approximate surface area is 122 Å². The van der Waals surface area contributed by atoms with Crippen LogP contribution in [0.2, 0.25) is 0 Å². The minimum absolute atomic E-state index is 0.0989. The van der Waals surface area contributed by atoms with Crippen molar-refractivity contribution in [2.24, 2.45) is 0 Å². The molecule has 0 amide bonds. The van der Waals surface area contributed by atoms with Crippen LogP contribution in [0.15, 0.2) is 42.5 Å². The number of rotatable bonds is 6. The first-order valence-electron chi connectivity index (χ1n) is 7.25. The average Bonchev–Trinajstić information content (AvgIpc) is 2.46. The molecule has 2 aromatic carbocycles. The summed E-state index contributed by atoms with van der Waals surface area (Å²) >= 11 is 0. The Morgan fingerprint density at radius 3 is 2.50 bits per heavy atom. The third kappa shape index (κ3) is 3.59. The highest BCUT2D eigenvalue weighted by molar-refractivity contribution is 5.85. The normalized spacial score (nSPS) is 13.6. The molecular formula is C18H25NO. The van der Waals surface area contributed by atoms with Crippen LogP contribution in [-0.4, -0.2) is 25.8 Å². The molecule has 0 saturated carbocycles. The zero-order valence-electron chi connectivity index (χ0n) is 12.9. The van der Waals surface area contributed by atoms with Crippen LogP contribution in [0.3, 0.4) is 0 Å². The number of hydrogen-bond donors (Lipinski definition) is 1. The molecular weight excluding hydrogens is 246 g/mol. The minimum atomic E-state index is -0.0989. The summed E-state index contributed by atoms with van der Waals surface area (Å²) in [6.45, 7) is 4.28. The van der Waals surface area contributed by atoms with E-state index >= 15 is 0 Å². The van der Waals surface area contributed by atoms with E-state index < -0.39 is 0 Å². The van der Waals surface area contributed by atoms with E-state index in [4.69, 9.17) is 4.74 Å². The van der Waals surface area contributed by atoms with E-state index in [1.165, 1.54) is 16.3 Å². The van der Waals surface area contributed by atoms with E-state index in [1.807, 2.05) is 7.05 Å². The zero-order chi connectivity index (χ0) is 14.6. The van der Waals surface area contributed by atoms with Crippen molar-refractivity contribution in [1.82, 2.24) is 5.32 Å². The number of methoxy groups -OCH3 is 1. The standard InChI is InChI=1S/C18H25NO/c1-18(2,20-4)13-16(19-3)12-15-10-7-9-14-8-5-6-11-17(14)15/h5-11,16,19H,12-13H2,1-4H3. The van der Waals surface area contributed by atoms with Crippen LogP contribution >= 0.6 is 0 Å². The van der Waals surface area contributed by atoms with E-state index in [0.717, 1.165) is 12.8 Å². The molecule has 1 unspecified atom stereocenters. The monoisotopic (exact) mass is 271 g/mol. The van der Waals surface area contributed by atoms with Gasteiger partial charge in [-0.3, -0.25) is 0 Å². The smallest absolute Gasteiger partial charge is 0.0637 e. The quantitative estimate of drug-likeness (QED) is 0.863. The third-order valence-corrected chi connectivity index (χ3v) is 4.05. The SMILES string of the molecule is CNC(Cc1cccc2ccccc12)CC(C)(C)OC. The van der Waals surface area contributed by atoms with Crippen molar-refractivity contribution in [2.45, 2.75) is 38.3 Å². The lowest BCUT2D eigenvalue weighted by Crippen LogP contribution is -2.37. The maximum Gasteiger partial charge on any atom is 0.0637 e. The van der Waals surface area contributed by atoms with Gasteiger partial charge in [-0.2, -0.15) is 0 Å². The summed E-state index contributed by atoms with van der Waals surface area (Å²) in [5, 5.41) is 6.09. The maximum absolute atomic E-state index is 5.56. The summed E-state index contributed by atoms with van der Waals surface area (Å²) in [6.07, 6.45) is 2.01. The van der Waals surface area contributed by atoms with Gasteiger partial charge in [-0.15, -0.1) is 0 Å². The molecule has 20 heavy (non-hydrogen) atoms. The van der Waals surface area contributed by atoms with Gasteiger partial charge in [0.25, 0.3) is 0 Å². The summed E-state index contributed by atoms with van der Waals surface area (Å²) in [7, 11) is 3.81. The van der Waals surface area contributed by atoms with Crippen molar-refractivity contribution in [3.8, 4) is 0 Å². The van der Waals surface area contributed by atoms with Crippen molar-refractivity contribution < 1.29 is 4.74 Å². The highest BCUT2D eigenvalue weighted by atomic mass is 16.5. The first-order chi connectivity index (χ1) is 9.55. The topological polar surface area (TPSA) is 21.3 Å². The third-order valence-electron chi connectivity index (χ3n) is 4.05. The van der Waals surface area contributed by atoms with Crippen LogP contribution in [0.25, 0.3) is 10.8 Å². The fourth-order valence-corrected chi connectivity index (χ4v) is 2.69. The molecule has 0 aliphatic rings. The second-order valence-corrected chi connectivity index (χ2v) is 6.00. The summed E-state index contributed by atoms with van der Waals surface area (Å²) in [5.74, 6) is 0. The molecule has 1 atom stereocenters. The van der Waals surface area contributed by atoms with Gasteiger partial charge in [0.15, 0.2) is 0 Å². The van der Waals surface area contributed by atoms with Crippen molar-refractivity contribution in [1.29, 1.82) is 0 Å². The molecule has 0 spiro atoms. The van der Waals surface area contributed by atoms with Gasteiger partial charge in [-0.1, -0.05) is 42.5 Å². The largest absolute Gasteiger partial charge is 0.379 e. The van der Waals surface area contributed by atoms with E-state index in [9.17, 15) is 0 Å². The summed E-state index contributed by atoms with van der Waals surface area (Å²) in [6, 6.07) is 15.5. The van der Waals surface area contributed by atoms with Crippen LogP contribution in [0.1, 0.15) is 25.8 Å². The molecule has 0 aliphatic heterocycles. The predicted molar refractivity (Wildman–Crippen MR) is 86.2 cm³/mol. The number of ether oxygens (including phenoxy) is 1. The molecule has 0 heterocycles. The number of nitrogens with one attached hydrogen (secondary N) is 1. The van der Waals surface area contributed by atoms with Crippen molar-refractivity contribution in [2.75, 3.05) is 14.2 Å². The van der Waals surface area contributed by atoms with E-state index in [1.54, 1.807) is 7.11 Å². The number of hydrogen-bond acceptors (Lipinski definition) is 2. The van der Waals surface area contributed by atoms with E-state index in [2.05, 4.69) is 61.6 Å². The van der Waals surface area contributed by atoms with Gasteiger partial charge in [0, 0.05) is 13.2 Å². The minimum Gasteiger partial charge on any atom is -0.379 e. The van der Waals surface area contributed by atoms with Crippen LogP contribution in [-0.2, 0) is 11.2 Å². The Hall–Kier alpha value is -1.38. The fraction of sp³-hybridized carbons (Fsp3) is 0.444. The molecule has 0 radical (unpaired) electrons. The van der Waals surface area contributed by atoms with Crippen molar-refractivity contribution in [3.05, 3.63) is 48.0 Å². The van der Waals surface area contributed by atoms with Gasteiger partial charge < -0.3 is 10.1 Å². The molecule has 0 aromatic heterocycles. The molecule has 2 heteroatoms. The summed E-state index contributed by atoms with van der Waals surface area (Å²) in [4.78, 5) is 0. The van der Waals surface area contributed by atoms with Gasteiger partial charge in [0.2, 0.25) is 0 Å². The van der Waals surface area contributed by atoms with Gasteiger partial charge in [0.1, 0.15) is 0 Å². The predicted octanol–water partition coefficient (Wildman–Crippen LogP) is 3.79. The van der Waals surface area contributed by atoms with Gasteiger partial charge in [-0.25, -0.2) is 0 Å². The lowest BCUT2D eigenvalue weighted by Gasteiger charge is -2.28. The number of likely N-dealkylation sites (N-methyl/N-ethyl adjacent to an activating group) is 1. The maximum atomic E-state index is 5.56. The Morgan fingerprint density at radius 1 is 1.10 bits per heavy atom. The van der Waals surface area contributed by atoms with Crippen molar-refractivity contribution in [3.63, 3.8) is 0 Å². The number of fused-ring (bicyclic) bond motifs is 1. The first-order valence-corrected chi connectivity index (χ1v) is 7.25. The van der Waals surface area contributed by atoms with Crippen LogP contribution in [0.5, 0.6) is 0 Å². The Balaban J connectivity index is 2.22. The van der Waals surface area contributed by atoms with E-state index in [-0.39, 0.29) is 5.60 Å². The fourth-order valence-electron chi connectivity index (χ4n) is 2.69. The Bertz CT molecular complexity index is 557. The molecule has 0 saturated heterocycles. The molecule has 0 fully saturated rings. The van der Waals surface area contributed by atoms with Gasteiger partial charge >= 0.3 is 0 Å². The Morgan fingerprint density at radius 2 is 1.80 bits per heavy atom. The second-order valence-electron chi connectivity index (χ2n) is 6.00. The van der Waals surface area contributed by atoms with Crippen LogP contribution < -0.4 is 5.32 Å². The van der Waals surface area contributed by atoms with E-state index in [0.29, 0.717) is 6.04 Å². The average molecular weight is 271 g/mol. The lowest BCUT2D eigenvalue weighted by atomic mass is 9.92. The molecule has 2 rings (SSSR count). The van der Waals surface area contributed by atoms with Crippen molar-refractivity contribution >= 4 is 10.8 Å². The molecule has 2 aromatic rings. The van der Waals surface area contributed by atoms with Gasteiger partial charge in [0.05, 0.1) is 5.60 Å². The van der Waals surface area contributed by atoms with Crippen LogP contribution in [0, 0.1) is 0 Å². The highest BCUT2D eigenvalue weighted by Crippen LogP contribution is 2.23. The molecule has 1 N–H and O–H groups in total. The van der Waals surface area contributed by atoms with Crippen LogP contribution in [0.4, 0.5) is 0 Å². The lowest BCUT2D eigenvalue weighted by molar-refractivity contribution is 0.00775. The second kappa shape index (κ2) is 6.38. The zero-order valence-corrected chi connectivity index (χ0v) is 12.9. The van der Waals surface area contributed by atoms with Gasteiger partial charge in [-0.05, 0) is 50.1 Å². The first kappa shape index (κ1) is 15.0. The summed E-state index contributed by atoms with van der Waals surface area (Å²) < 4.78 is 5.56. The molecule has 108 valence electrons. The molecule has 0 bridgehead atoms. The number of benzene rings is 2. The summed E-state index contributed by atoms with van der Waals surface area (Å²) in [5.41, 5.74) is 1.30. The Kier molecular flexibility index (Phi) is 4.79. The highest BCUT2D eigenvalue weighted by Gasteiger charge is 2.22.